The molecule has 1 atom stereocenters. The molecule has 0 aromatic rings. The first-order valence-corrected chi connectivity index (χ1v) is 2.62. The molecule has 1 N–H and O–H groups in total. The Morgan fingerprint density at radius 1 is 1.88 bits per heavy atom. The predicted molar refractivity (Wildman–Crippen MR) is 26.2 cm³/mol. The molecule has 46 valence electrons. The minimum atomic E-state index is -0.257. The molecule has 0 bridgehead atoms. The van der Waals surface area contributed by atoms with E-state index in [-0.39, 0.29) is 18.5 Å². The third-order valence-electron chi connectivity index (χ3n) is 1.26. The van der Waals surface area contributed by atoms with E-state index in [9.17, 15) is 4.79 Å². The zero-order chi connectivity index (χ0) is 5.98. The molecular formula is C5H8O3. The summed E-state index contributed by atoms with van der Waals surface area (Å²) in [5.41, 5.74) is 0. The monoisotopic (exact) mass is 116 g/mol. The Kier molecular flexibility index (Phi) is 1.48. The summed E-state index contributed by atoms with van der Waals surface area (Å²) in [5, 5.41) is 8.44. The van der Waals surface area contributed by atoms with Gasteiger partial charge in [-0.1, -0.05) is 0 Å². The molecule has 8 heavy (non-hydrogen) atoms. The van der Waals surface area contributed by atoms with Gasteiger partial charge in [-0.15, -0.1) is 0 Å². The second kappa shape index (κ2) is 2.13. The Morgan fingerprint density at radius 2 is 2.62 bits per heavy atom. The lowest BCUT2D eigenvalue weighted by atomic mass is 10.1. The Hall–Kier alpha value is -0.570. The number of carbonyl (C=O) groups is 1. The first-order chi connectivity index (χ1) is 3.84. The highest BCUT2D eigenvalue weighted by Gasteiger charge is 2.24. The van der Waals surface area contributed by atoms with E-state index in [1.807, 2.05) is 0 Å². The number of rotatable bonds is 1. The van der Waals surface area contributed by atoms with Crippen LogP contribution < -0.4 is 0 Å². The first-order valence-electron chi connectivity index (χ1n) is 2.62. The third-order valence-corrected chi connectivity index (χ3v) is 1.26. The molecule has 0 aliphatic carbocycles. The smallest absolute Gasteiger partial charge is 0.311 e. The van der Waals surface area contributed by atoms with Crippen molar-refractivity contribution < 1.29 is 14.6 Å². The number of ether oxygens (including phenoxy) is 1. The maximum Gasteiger partial charge on any atom is 0.311 e. The van der Waals surface area contributed by atoms with Gasteiger partial charge in [-0.25, -0.2) is 0 Å². The molecule has 1 heterocycles. The molecule has 1 aliphatic rings. The van der Waals surface area contributed by atoms with Crippen LogP contribution in [0.15, 0.2) is 0 Å². The number of aliphatic hydroxyl groups is 1. The van der Waals surface area contributed by atoms with Gasteiger partial charge in [0.2, 0.25) is 0 Å². The van der Waals surface area contributed by atoms with Crippen LogP contribution in [0.5, 0.6) is 0 Å². The number of cyclic esters (lactones) is 1. The zero-order valence-corrected chi connectivity index (χ0v) is 4.46. The largest absolute Gasteiger partial charge is 0.465 e. The lowest BCUT2D eigenvalue weighted by Gasteiger charge is -1.94. The summed E-state index contributed by atoms with van der Waals surface area (Å²) in [6, 6.07) is 0. The summed E-state index contributed by atoms with van der Waals surface area (Å²) in [5.74, 6) is -0.498. The van der Waals surface area contributed by atoms with Crippen molar-refractivity contribution in [3.63, 3.8) is 0 Å². The van der Waals surface area contributed by atoms with E-state index >= 15 is 0 Å². The molecule has 0 amide bonds. The molecule has 1 unspecified atom stereocenters. The van der Waals surface area contributed by atoms with Crippen LogP contribution in [0.2, 0.25) is 0 Å². The van der Waals surface area contributed by atoms with Gasteiger partial charge < -0.3 is 9.84 Å². The predicted octanol–water partition coefficient (Wildman–Crippen LogP) is -0.458. The molecule has 3 nitrogen and oxygen atoms in total. The van der Waals surface area contributed by atoms with Crippen molar-refractivity contribution >= 4 is 5.97 Å². The molecule has 1 fully saturated rings. The van der Waals surface area contributed by atoms with Crippen molar-refractivity contribution in [2.75, 3.05) is 13.2 Å². The van der Waals surface area contributed by atoms with Gasteiger partial charge >= 0.3 is 5.97 Å². The SMILES string of the molecule is O=C1OCCC1CO. The van der Waals surface area contributed by atoms with Crippen LogP contribution in [0.25, 0.3) is 0 Å². The lowest BCUT2D eigenvalue weighted by molar-refractivity contribution is -0.142. The second-order valence-electron chi connectivity index (χ2n) is 1.84. The van der Waals surface area contributed by atoms with E-state index in [2.05, 4.69) is 4.74 Å². The van der Waals surface area contributed by atoms with Gasteiger partial charge in [0.25, 0.3) is 0 Å². The van der Waals surface area contributed by atoms with Crippen molar-refractivity contribution in [1.29, 1.82) is 0 Å². The molecule has 1 aliphatic heterocycles. The highest BCUT2D eigenvalue weighted by molar-refractivity contribution is 5.74. The molecule has 0 spiro atoms. The van der Waals surface area contributed by atoms with Crippen LogP contribution >= 0.6 is 0 Å². The van der Waals surface area contributed by atoms with Crippen molar-refractivity contribution in [2.24, 2.45) is 5.92 Å². The van der Waals surface area contributed by atoms with Crippen molar-refractivity contribution in [3.8, 4) is 0 Å². The quantitative estimate of drug-likeness (QED) is 0.471. The molecule has 1 rings (SSSR count). The maximum absolute atomic E-state index is 10.4. The highest BCUT2D eigenvalue weighted by Crippen LogP contribution is 2.12. The Bertz CT molecular complexity index is 99.8. The molecule has 0 radical (unpaired) electrons. The highest BCUT2D eigenvalue weighted by atomic mass is 16.5. The molecule has 1 saturated heterocycles. The summed E-state index contributed by atoms with van der Waals surface area (Å²) >= 11 is 0. The maximum atomic E-state index is 10.4. The summed E-state index contributed by atoms with van der Waals surface area (Å²) in [4.78, 5) is 10.4. The second-order valence-corrected chi connectivity index (χ2v) is 1.84. The van der Waals surface area contributed by atoms with Gasteiger partial charge in [0, 0.05) is 0 Å². The van der Waals surface area contributed by atoms with Crippen LogP contribution in [-0.4, -0.2) is 24.3 Å². The van der Waals surface area contributed by atoms with Gasteiger partial charge in [-0.05, 0) is 6.42 Å². The number of hydrogen-bond acceptors (Lipinski definition) is 3. The Balaban J connectivity index is 2.42. The lowest BCUT2D eigenvalue weighted by Crippen LogP contribution is -2.11. The summed E-state index contributed by atoms with van der Waals surface area (Å²) in [6.07, 6.45) is 0.676. The fourth-order valence-corrected chi connectivity index (χ4v) is 0.703. The summed E-state index contributed by atoms with van der Waals surface area (Å²) < 4.78 is 4.56. The molecule has 0 saturated carbocycles. The number of aliphatic hydroxyl groups excluding tert-OH is 1. The minimum absolute atomic E-state index is 0.0706. The standard InChI is InChI=1S/C5H8O3/c6-3-4-1-2-8-5(4)7/h4,6H,1-3H2. The average Bonchev–Trinajstić information content (AvgIpc) is 2.14. The molecule has 0 aromatic heterocycles. The van der Waals surface area contributed by atoms with E-state index < -0.39 is 0 Å². The molecule has 0 aromatic carbocycles. The summed E-state index contributed by atoms with van der Waals surface area (Å²) in [6.45, 7) is 0.406. The number of carbonyl (C=O) groups excluding carboxylic acids is 1. The van der Waals surface area contributed by atoms with Crippen molar-refractivity contribution in [1.82, 2.24) is 0 Å². The van der Waals surface area contributed by atoms with Gasteiger partial charge in [0.1, 0.15) is 0 Å². The van der Waals surface area contributed by atoms with Crippen molar-refractivity contribution in [2.45, 2.75) is 6.42 Å². The fraction of sp³-hybridized carbons (Fsp3) is 0.800. The van der Waals surface area contributed by atoms with Gasteiger partial charge in [0.15, 0.2) is 0 Å². The van der Waals surface area contributed by atoms with Crippen LogP contribution in [0, 0.1) is 5.92 Å². The Labute approximate surface area is 47.3 Å². The molecule has 3 heteroatoms. The number of esters is 1. The van der Waals surface area contributed by atoms with Crippen LogP contribution in [0.3, 0.4) is 0 Å². The van der Waals surface area contributed by atoms with E-state index in [1.54, 1.807) is 0 Å². The van der Waals surface area contributed by atoms with Gasteiger partial charge in [0.05, 0.1) is 19.1 Å². The van der Waals surface area contributed by atoms with E-state index in [0.29, 0.717) is 13.0 Å². The molecular weight excluding hydrogens is 108 g/mol. The summed E-state index contributed by atoms with van der Waals surface area (Å²) in [7, 11) is 0. The normalized spacial score (nSPS) is 28.1. The van der Waals surface area contributed by atoms with Crippen LogP contribution in [0.1, 0.15) is 6.42 Å². The van der Waals surface area contributed by atoms with Crippen LogP contribution in [0.4, 0.5) is 0 Å². The van der Waals surface area contributed by atoms with Crippen molar-refractivity contribution in [3.05, 3.63) is 0 Å². The van der Waals surface area contributed by atoms with E-state index in [0.717, 1.165) is 0 Å². The Morgan fingerprint density at radius 3 is 2.88 bits per heavy atom. The fourth-order valence-electron chi connectivity index (χ4n) is 0.703. The van der Waals surface area contributed by atoms with Crippen LogP contribution in [-0.2, 0) is 9.53 Å². The first kappa shape index (κ1) is 5.56. The van der Waals surface area contributed by atoms with E-state index in [4.69, 9.17) is 5.11 Å². The third kappa shape index (κ3) is 0.816. The van der Waals surface area contributed by atoms with E-state index in [1.165, 1.54) is 0 Å². The topological polar surface area (TPSA) is 46.5 Å². The van der Waals surface area contributed by atoms with Gasteiger partial charge in [-0.3, -0.25) is 4.79 Å². The number of hydrogen-bond donors (Lipinski definition) is 1. The zero-order valence-electron chi connectivity index (χ0n) is 4.46. The van der Waals surface area contributed by atoms with Gasteiger partial charge in [-0.2, -0.15) is 0 Å². The average molecular weight is 116 g/mol. The minimum Gasteiger partial charge on any atom is -0.465 e.